The van der Waals surface area contributed by atoms with E-state index < -0.39 is 0 Å². The average Bonchev–Trinajstić information content (AvgIpc) is 3.10. The van der Waals surface area contributed by atoms with Crippen molar-refractivity contribution in [2.24, 2.45) is 0 Å². The summed E-state index contributed by atoms with van der Waals surface area (Å²) < 4.78 is 10.8. The third-order valence-corrected chi connectivity index (χ3v) is 3.32. The van der Waals surface area contributed by atoms with Crippen molar-refractivity contribution in [2.45, 2.75) is 32.0 Å². The molecule has 3 rings (SSSR count). The van der Waals surface area contributed by atoms with Gasteiger partial charge in [-0.25, -0.2) is 4.98 Å². The Morgan fingerprint density at radius 3 is 3.00 bits per heavy atom. The van der Waals surface area contributed by atoms with E-state index in [0.717, 1.165) is 11.5 Å². The van der Waals surface area contributed by atoms with E-state index in [9.17, 15) is 0 Å². The predicted molar refractivity (Wildman–Crippen MR) is 72.1 cm³/mol. The maximum atomic E-state index is 6.12. The van der Waals surface area contributed by atoms with Gasteiger partial charge in [0.1, 0.15) is 12.4 Å². The second-order valence-corrected chi connectivity index (χ2v) is 5.01. The fourth-order valence-electron chi connectivity index (χ4n) is 1.74. The maximum absolute atomic E-state index is 6.12. The zero-order valence-corrected chi connectivity index (χ0v) is 11.2. The van der Waals surface area contributed by atoms with Crippen LogP contribution >= 0.6 is 11.6 Å². The molecule has 2 aromatic rings. The summed E-state index contributed by atoms with van der Waals surface area (Å²) in [5.41, 5.74) is 0.825. The standard InChI is InChI=1S/C14H15ClN2O2/c15-12-5-6-14(19-9-11-2-1-7-18-11)17-13(12)8-16-10-3-4-10/h1-2,5-7,10,16H,3-4,8-9H2. The number of pyridine rings is 1. The van der Waals surface area contributed by atoms with Gasteiger partial charge in [-0.2, -0.15) is 0 Å². The van der Waals surface area contributed by atoms with E-state index in [-0.39, 0.29) is 0 Å². The molecule has 1 aliphatic carbocycles. The number of nitrogens with zero attached hydrogens (tertiary/aromatic N) is 1. The SMILES string of the molecule is Clc1ccc(OCc2ccco2)nc1CNC1CC1. The lowest BCUT2D eigenvalue weighted by molar-refractivity contribution is 0.260. The van der Waals surface area contributed by atoms with E-state index in [4.69, 9.17) is 20.8 Å². The molecule has 1 fully saturated rings. The van der Waals surface area contributed by atoms with Crippen LogP contribution in [0.5, 0.6) is 5.88 Å². The summed E-state index contributed by atoms with van der Waals surface area (Å²) in [5, 5.41) is 4.05. The van der Waals surface area contributed by atoms with E-state index >= 15 is 0 Å². The van der Waals surface area contributed by atoms with Crippen LogP contribution in [0.4, 0.5) is 0 Å². The zero-order valence-electron chi connectivity index (χ0n) is 10.4. The predicted octanol–water partition coefficient (Wildman–Crippen LogP) is 3.16. The van der Waals surface area contributed by atoms with Crippen LogP contribution in [-0.2, 0) is 13.2 Å². The Morgan fingerprint density at radius 2 is 2.26 bits per heavy atom. The average molecular weight is 279 g/mol. The van der Waals surface area contributed by atoms with E-state index in [1.54, 1.807) is 12.3 Å². The molecule has 0 aromatic carbocycles. The minimum absolute atomic E-state index is 0.372. The lowest BCUT2D eigenvalue weighted by Crippen LogP contribution is -2.16. The normalized spacial score (nSPS) is 14.6. The number of ether oxygens (including phenoxy) is 1. The monoisotopic (exact) mass is 278 g/mol. The van der Waals surface area contributed by atoms with E-state index in [1.807, 2.05) is 18.2 Å². The Morgan fingerprint density at radius 1 is 1.37 bits per heavy atom. The molecule has 1 saturated carbocycles. The van der Waals surface area contributed by atoms with Gasteiger partial charge in [-0.1, -0.05) is 11.6 Å². The molecule has 0 unspecified atom stereocenters. The van der Waals surface area contributed by atoms with E-state index in [1.165, 1.54) is 12.8 Å². The highest BCUT2D eigenvalue weighted by atomic mass is 35.5. The molecular formula is C14H15ClN2O2. The van der Waals surface area contributed by atoms with Crippen molar-refractivity contribution in [1.29, 1.82) is 0 Å². The molecule has 100 valence electrons. The lowest BCUT2D eigenvalue weighted by atomic mass is 10.3. The molecule has 0 spiro atoms. The number of hydrogen-bond acceptors (Lipinski definition) is 4. The van der Waals surface area contributed by atoms with Crippen LogP contribution in [0.2, 0.25) is 5.02 Å². The summed E-state index contributed by atoms with van der Waals surface area (Å²) in [6.45, 7) is 1.05. The molecule has 1 aliphatic rings. The first-order valence-corrected chi connectivity index (χ1v) is 6.73. The van der Waals surface area contributed by atoms with Crippen molar-refractivity contribution in [2.75, 3.05) is 0 Å². The molecule has 0 amide bonds. The number of nitrogens with one attached hydrogen (secondary N) is 1. The summed E-state index contributed by atoms with van der Waals surface area (Å²) in [5.74, 6) is 1.34. The van der Waals surface area contributed by atoms with Crippen LogP contribution in [0, 0.1) is 0 Å². The van der Waals surface area contributed by atoms with Crippen LogP contribution in [0.15, 0.2) is 34.9 Å². The van der Waals surface area contributed by atoms with Crippen LogP contribution < -0.4 is 10.1 Å². The van der Waals surface area contributed by atoms with Gasteiger partial charge in [0.15, 0.2) is 0 Å². The van der Waals surface area contributed by atoms with Gasteiger partial charge in [-0.05, 0) is 31.0 Å². The van der Waals surface area contributed by atoms with Crippen molar-refractivity contribution >= 4 is 11.6 Å². The van der Waals surface area contributed by atoms with Gasteiger partial charge in [0.25, 0.3) is 0 Å². The van der Waals surface area contributed by atoms with Crippen molar-refractivity contribution in [1.82, 2.24) is 10.3 Å². The summed E-state index contributed by atoms with van der Waals surface area (Å²) in [7, 11) is 0. The fraction of sp³-hybridized carbons (Fsp3) is 0.357. The van der Waals surface area contributed by atoms with Gasteiger partial charge in [0.05, 0.1) is 17.0 Å². The third kappa shape index (κ3) is 3.49. The number of furan rings is 1. The second-order valence-electron chi connectivity index (χ2n) is 4.60. The molecule has 2 aromatic heterocycles. The summed E-state index contributed by atoms with van der Waals surface area (Å²) in [6, 6.07) is 7.91. The molecule has 1 N–H and O–H groups in total. The number of halogens is 1. The number of rotatable bonds is 6. The molecule has 0 bridgehead atoms. The van der Waals surface area contributed by atoms with Crippen LogP contribution in [0.1, 0.15) is 24.3 Å². The van der Waals surface area contributed by atoms with Crippen LogP contribution in [-0.4, -0.2) is 11.0 Å². The van der Waals surface area contributed by atoms with Crippen molar-refractivity contribution in [3.05, 3.63) is 47.0 Å². The Bertz CT molecular complexity index is 538. The van der Waals surface area contributed by atoms with Crippen LogP contribution in [0.25, 0.3) is 0 Å². The molecule has 0 atom stereocenters. The van der Waals surface area contributed by atoms with Crippen molar-refractivity contribution < 1.29 is 9.15 Å². The van der Waals surface area contributed by atoms with Gasteiger partial charge in [-0.15, -0.1) is 0 Å². The third-order valence-electron chi connectivity index (χ3n) is 2.97. The highest BCUT2D eigenvalue weighted by Crippen LogP contribution is 2.22. The second kappa shape index (κ2) is 5.63. The molecule has 2 heterocycles. The first-order chi connectivity index (χ1) is 9.31. The molecule has 4 nitrogen and oxygen atoms in total. The topological polar surface area (TPSA) is 47.3 Å². The molecule has 0 aliphatic heterocycles. The van der Waals surface area contributed by atoms with Crippen molar-refractivity contribution in [3.8, 4) is 5.88 Å². The van der Waals surface area contributed by atoms with Gasteiger partial charge in [-0.3, -0.25) is 0 Å². The van der Waals surface area contributed by atoms with Gasteiger partial charge in [0, 0.05) is 18.7 Å². The minimum Gasteiger partial charge on any atom is -0.469 e. The molecule has 0 radical (unpaired) electrons. The Kier molecular flexibility index (Phi) is 3.71. The first-order valence-electron chi connectivity index (χ1n) is 6.35. The lowest BCUT2D eigenvalue weighted by Gasteiger charge is -2.08. The first kappa shape index (κ1) is 12.5. The quantitative estimate of drug-likeness (QED) is 0.882. The Labute approximate surface area is 116 Å². The molecule has 19 heavy (non-hydrogen) atoms. The zero-order chi connectivity index (χ0) is 13.1. The van der Waals surface area contributed by atoms with Gasteiger partial charge >= 0.3 is 0 Å². The summed E-state index contributed by atoms with van der Waals surface area (Å²) >= 11 is 6.12. The van der Waals surface area contributed by atoms with Crippen molar-refractivity contribution in [3.63, 3.8) is 0 Å². The molecule has 5 heteroatoms. The Hall–Kier alpha value is -1.52. The highest BCUT2D eigenvalue weighted by Gasteiger charge is 2.20. The highest BCUT2D eigenvalue weighted by molar-refractivity contribution is 6.31. The Balaban J connectivity index is 1.62. The maximum Gasteiger partial charge on any atom is 0.214 e. The smallest absolute Gasteiger partial charge is 0.214 e. The summed E-state index contributed by atoms with van der Waals surface area (Å²) in [6.07, 6.45) is 4.11. The summed E-state index contributed by atoms with van der Waals surface area (Å²) in [4.78, 5) is 4.41. The number of hydrogen-bond donors (Lipinski definition) is 1. The van der Waals surface area contributed by atoms with E-state index in [0.29, 0.717) is 30.1 Å². The van der Waals surface area contributed by atoms with Gasteiger partial charge < -0.3 is 14.5 Å². The minimum atomic E-state index is 0.372. The molecular weight excluding hydrogens is 264 g/mol. The van der Waals surface area contributed by atoms with E-state index in [2.05, 4.69) is 10.3 Å². The largest absolute Gasteiger partial charge is 0.469 e. The molecule has 0 saturated heterocycles. The van der Waals surface area contributed by atoms with Gasteiger partial charge in [0.2, 0.25) is 5.88 Å². The fourth-order valence-corrected chi connectivity index (χ4v) is 1.91. The van der Waals surface area contributed by atoms with Crippen LogP contribution in [0.3, 0.4) is 0 Å². The number of aromatic nitrogens is 1.